The van der Waals surface area contributed by atoms with Crippen LogP contribution in [0.5, 0.6) is 5.75 Å². The number of hydrogen-bond donors (Lipinski definition) is 1. The highest BCUT2D eigenvalue weighted by Gasteiger charge is 2.10. The van der Waals surface area contributed by atoms with Gasteiger partial charge in [0.1, 0.15) is 5.75 Å². The van der Waals surface area contributed by atoms with Gasteiger partial charge in [0.15, 0.2) is 0 Å². The van der Waals surface area contributed by atoms with E-state index in [1.165, 1.54) is 24.9 Å². The first-order chi connectivity index (χ1) is 12.7. The fraction of sp³-hybridized carbons (Fsp3) is 0.318. The predicted molar refractivity (Wildman–Crippen MR) is 108 cm³/mol. The maximum absolute atomic E-state index is 12.1. The monoisotopic (exact) mass is 350 g/mol. The van der Waals surface area contributed by atoms with Crippen LogP contribution in [-0.2, 0) is 4.79 Å². The Morgan fingerprint density at radius 2 is 1.73 bits per heavy atom. The van der Waals surface area contributed by atoms with Crippen LogP contribution < -0.4 is 15.0 Å². The zero-order valence-corrected chi connectivity index (χ0v) is 15.3. The van der Waals surface area contributed by atoms with Gasteiger partial charge in [0.05, 0.1) is 6.61 Å². The maximum Gasteiger partial charge on any atom is 0.248 e. The van der Waals surface area contributed by atoms with Gasteiger partial charge in [-0.1, -0.05) is 12.1 Å². The van der Waals surface area contributed by atoms with Gasteiger partial charge in [-0.2, -0.15) is 0 Å². The first kappa shape index (κ1) is 18.1. The highest BCUT2D eigenvalue weighted by Crippen LogP contribution is 2.22. The minimum atomic E-state index is -0.135. The molecular formula is C22H26N2O2. The standard InChI is InChI=1S/C22H26N2O2/c1-2-26-21-13-6-18(7-14-21)8-15-22(25)23-19-9-11-20(12-10-19)24-16-4-3-5-17-24/h6-15H,2-5,16-17H2,1H3,(H,23,25)/b15-8+. The van der Waals surface area contributed by atoms with E-state index in [1.807, 2.05) is 43.3 Å². The van der Waals surface area contributed by atoms with Crippen molar-refractivity contribution in [2.45, 2.75) is 26.2 Å². The number of piperidine rings is 1. The van der Waals surface area contributed by atoms with E-state index in [1.54, 1.807) is 12.2 Å². The Morgan fingerprint density at radius 3 is 2.38 bits per heavy atom. The molecule has 0 bridgehead atoms. The number of nitrogens with one attached hydrogen (secondary N) is 1. The van der Waals surface area contributed by atoms with Crippen molar-refractivity contribution in [3.63, 3.8) is 0 Å². The van der Waals surface area contributed by atoms with Crippen LogP contribution in [0.1, 0.15) is 31.7 Å². The average molecular weight is 350 g/mol. The van der Waals surface area contributed by atoms with Crippen molar-refractivity contribution in [2.24, 2.45) is 0 Å². The molecule has 2 aromatic rings. The van der Waals surface area contributed by atoms with Gasteiger partial charge >= 0.3 is 0 Å². The third-order valence-corrected chi connectivity index (χ3v) is 4.47. The summed E-state index contributed by atoms with van der Waals surface area (Å²) in [6, 6.07) is 15.8. The summed E-state index contributed by atoms with van der Waals surface area (Å²) in [4.78, 5) is 14.5. The second kappa shape index (κ2) is 9.09. The Labute approximate surface area is 155 Å². The van der Waals surface area contributed by atoms with Crippen LogP contribution >= 0.6 is 0 Å². The number of anilines is 2. The number of ether oxygens (including phenoxy) is 1. The van der Waals surface area contributed by atoms with Gasteiger partial charge in [0.2, 0.25) is 5.91 Å². The Bertz CT molecular complexity index is 730. The van der Waals surface area contributed by atoms with E-state index in [0.29, 0.717) is 6.61 Å². The van der Waals surface area contributed by atoms with Gasteiger partial charge in [0.25, 0.3) is 0 Å². The fourth-order valence-electron chi connectivity index (χ4n) is 3.11. The van der Waals surface area contributed by atoms with E-state index >= 15 is 0 Å². The SMILES string of the molecule is CCOc1ccc(/C=C/C(=O)Nc2ccc(N3CCCCC3)cc2)cc1. The average Bonchev–Trinajstić information content (AvgIpc) is 2.69. The van der Waals surface area contributed by atoms with Crippen molar-refractivity contribution >= 4 is 23.4 Å². The van der Waals surface area contributed by atoms with Gasteiger partial charge < -0.3 is 15.0 Å². The van der Waals surface area contributed by atoms with Crippen LogP contribution in [0.25, 0.3) is 6.08 Å². The molecule has 1 aliphatic rings. The van der Waals surface area contributed by atoms with Crippen molar-refractivity contribution in [3.8, 4) is 5.75 Å². The molecule has 0 aromatic heterocycles. The smallest absolute Gasteiger partial charge is 0.248 e. The number of nitrogens with zero attached hydrogens (tertiary/aromatic N) is 1. The molecule has 1 aliphatic heterocycles. The molecule has 2 aromatic carbocycles. The molecule has 0 unspecified atom stereocenters. The number of carbonyl (C=O) groups is 1. The molecule has 136 valence electrons. The van der Waals surface area contributed by atoms with Crippen molar-refractivity contribution in [2.75, 3.05) is 29.9 Å². The molecule has 1 N–H and O–H groups in total. The Morgan fingerprint density at radius 1 is 1.04 bits per heavy atom. The summed E-state index contributed by atoms with van der Waals surface area (Å²) >= 11 is 0. The summed E-state index contributed by atoms with van der Waals surface area (Å²) in [5.74, 6) is 0.701. The third-order valence-electron chi connectivity index (χ3n) is 4.47. The van der Waals surface area contributed by atoms with E-state index in [0.717, 1.165) is 30.1 Å². The van der Waals surface area contributed by atoms with Crippen molar-refractivity contribution in [1.29, 1.82) is 0 Å². The lowest BCUT2D eigenvalue weighted by Gasteiger charge is -2.28. The van der Waals surface area contributed by atoms with Gasteiger partial charge in [-0.3, -0.25) is 4.79 Å². The minimum absolute atomic E-state index is 0.135. The van der Waals surface area contributed by atoms with E-state index in [9.17, 15) is 4.79 Å². The molecule has 26 heavy (non-hydrogen) atoms. The van der Waals surface area contributed by atoms with Gasteiger partial charge in [0, 0.05) is 30.5 Å². The molecule has 1 amide bonds. The highest BCUT2D eigenvalue weighted by atomic mass is 16.5. The second-order valence-corrected chi connectivity index (χ2v) is 6.42. The van der Waals surface area contributed by atoms with Crippen LogP contribution in [-0.4, -0.2) is 25.6 Å². The van der Waals surface area contributed by atoms with Gasteiger partial charge in [-0.15, -0.1) is 0 Å². The molecule has 0 spiro atoms. The molecule has 0 radical (unpaired) electrons. The largest absolute Gasteiger partial charge is 0.494 e. The lowest BCUT2D eigenvalue weighted by molar-refractivity contribution is -0.111. The molecule has 0 saturated carbocycles. The number of amides is 1. The lowest BCUT2D eigenvalue weighted by atomic mass is 10.1. The first-order valence-electron chi connectivity index (χ1n) is 9.31. The Hall–Kier alpha value is -2.75. The Balaban J connectivity index is 1.53. The maximum atomic E-state index is 12.1. The number of hydrogen-bond acceptors (Lipinski definition) is 3. The van der Waals surface area contributed by atoms with Gasteiger partial charge in [-0.25, -0.2) is 0 Å². The van der Waals surface area contributed by atoms with E-state index in [2.05, 4.69) is 22.3 Å². The van der Waals surface area contributed by atoms with Crippen LogP contribution in [0.2, 0.25) is 0 Å². The summed E-state index contributed by atoms with van der Waals surface area (Å²) in [5, 5.41) is 2.91. The molecule has 1 heterocycles. The second-order valence-electron chi connectivity index (χ2n) is 6.42. The molecule has 4 nitrogen and oxygen atoms in total. The fourth-order valence-corrected chi connectivity index (χ4v) is 3.11. The number of benzene rings is 2. The van der Waals surface area contributed by atoms with Crippen LogP contribution in [0.4, 0.5) is 11.4 Å². The molecule has 0 aliphatic carbocycles. The summed E-state index contributed by atoms with van der Waals surface area (Å²) in [6.45, 7) is 4.85. The Kier molecular flexibility index (Phi) is 6.31. The van der Waals surface area contributed by atoms with Crippen LogP contribution in [0.3, 0.4) is 0 Å². The summed E-state index contributed by atoms with van der Waals surface area (Å²) in [7, 11) is 0. The molecule has 4 heteroatoms. The molecular weight excluding hydrogens is 324 g/mol. The van der Waals surface area contributed by atoms with E-state index < -0.39 is 0 Å². The van der Waals surface area contributed by atoms with Crippen molar-refractivity contribution < 1.29 is 9.53 Å². The molecule has 0 atom stereocenters. The predicted octanol–water partition coefficient (Wildman–Crippen LogP) is 4.73. The first-order valence-corrected chi connectivity index (χ1v) is 9.31. The highest BCUT2D eigenvalue weighted by molar-refractivity contribution is 6.02. The summed E-state index contributed by atoms with van der Waals surface area (Å²) in [5.41, 5.74) is 3.00. The van der Waals surface area contributed by atoms with E-state index in [-0.39, 0.29) is 5.91 Å². The summed E-state index contributed by atoms with van der Waals surface area (Å²) in [6.07, 6.45) is 7.19. The molecule has 1 saturated heterocycles. The van der Waals surface area contributed by atoms with E-state index in [4.69, 9.17) is 4.74 Å². The summed E-state index contributed by atoms with van der Waals surface area (Å²) < 4.78 is 5.41. The quantitative estimate of drug-likeness (QED) is 0.766. The molecule has 1 fully saturated rings. The number of rotatable bonds is 6. The van der Waals surface area contributed by atoms with Crippen LogP contribution in [0.15, 0.2) is 54.6 Å². The zero-order chi connectivity index (χ0) is 18.2. The minimum Gasteiger partial charge on any atom is -0.494 e. The van der Waals surface area contributed by atoms with Crippen LogP contribution in [0, 0.1) is 0 Å². The van der Waals surface area contributed by atoms with Crippen molar-refractivity contribution in [3.05, 3.63) is 60.2 Å². The zero-order valence-electron chi connectivity index (χ0n) is 15.3. The lowest BCUT2D eigenvalue weighted by Crippen LogP contribution is -2.29. The third kappa shape index (κ3) is 5.12. The number of carbonyl (C=O) groups excluding carboxylic acids is 1. The normalized spacial score (nSPS) is 14.4. The topological polar surface area (TPSA) is 41.6 Å². The van der Waals surface area contributed by atoms with Crippen molar-refractivity contribution in [1.82, 2.24) is 0 Å². The molecule has 3 rings (SSSR count). The van der Waals surface area contributed by atoms with Gasteiger partial charge in [-0.05, 0) is 74.2 Å².